The number of likely N-dealkylation sites (N-methyl/N-ethyl adjacent to an activating group) is 1. The average molecular weight is 318 g/mol. The topological polar surface area (TPSA) is 66.9 Å². The summed E-state index contributed by atoms with van der Waals surface area (Å²) in [6, 6.07) is 5.93. The number of hydroxylamine groups is 2. The predicted molar refractivity (Wildman–Crippen MR) is 84.6 cm³/mol. The van der Waals surface area contributed by atoms with Crippen molar-refractivity contribution in [3.8, 4) is 0 Å². The highest BCUT2D eigenvalue weighted by molar-refractivity contribution is 6.20. The first kappa shape index (κ1) is 17.1. The fraction of sp³-hybridized carbons (Fsp3) is 0.471. The third kappa shape index (κ3) is 3.12. The van der Waals surface area contributed by atoms with Gasteiger partial charge in [0.1, 0.15) is 6.04 Å². The highest BCUT2D eigenvalue weighted by atomic mass is 16.7. The maximum Gasteiger partial charge on any atom is 0.350 e. The standard InChI is InChI=1S/C17H22N2O4/c1-5-18(6-2)14(11(3)4)17(22)23-19-15(20)12-9-7-8-10-13(12)16(19)21/h7-11,14H,5-6H2,1-4H3. The van der Waals surface area contributed by atoms with Crippen molar-refractivity contribution in [3.63, 3.8) is 0 Å². The van der Waals surface area contributed by atoms with E-state index in [2.05, 4.69) is 0 Å². The van der Waals surface area contributed by atoms with Crippen LogP contribution in [0, 0.1) is 5.92 Å². The van der Waals surface area contributed by atoms with E-state index in [9.17, 15) is 14.4 Å². The molecule has 0 radical (unpaired) electrons. The van der Waals surface area contributed by atoms with Crippen LogP contribution < -0.4 is 0 Å². The largest absolute Gasteiger partial charge is 0.350 e. The van der Waals surface area contributed by atoms with Crippen molar-refractivity contribution in [2.75, 3.05) is 13.1 Å². The van der Waals surface area contributed by atoms with E-state index in [1.807, 2.05) is 32.6 Å². The molecule has 1 atom stereocenters. The lowest BCUT2D eigenvalue weighted by Gasteiger charge is -2.31. The summed E-state index contributed by atoms with van der Waals surface area (Å²) >= 11 is 0. The van der Waals surface area contributed by atoms with Crippen LogP contribution in [0.5, 0.6) is 0 Å². The molecule has 0 N–H and O–H groups in total. The first-order chi connectivity index (χ1) is 10.9. The van der Waals surface area contributed by atoms with E-state index in [4.69, 9.17) is 4.84 Å². The molecule has 6 nitrogen and oxygen atoms in total. The van der Waals surface area contributed by atoms with Crippen LogP contribution in [0.3, 0.4) is 0 Å². The summed E-state index contributed by atoms with van der Waals surface area (Å²) < 4.78 is 0. The Balaban J connectivity index is 2.20. The molecule has 1 heterocycles. The Hall–Kier alpha value is -2.21. The van der Waals surface area contributed by atoms with E-state index in [0.717, 1.165) is 0 Å². The SMILES string of the molecule is CCN(CC)C(C(=O)ON1C(=O)c2ccccc2C1=O)C(C)C. The number of amides is 2. The van der Waals surface area contributed by atoms with E-state index in [0.29, 0.717) is 18.2 Å². The lowest BCUT2D eigenvalue weighted by Crippen LogP contribution is -2.48. The van der Waals surface area contributed by atoms with Gasteiger partial charge in [-0.2, -0.15) is 0 Å². The van der Waals surface area contributed by atoms with Gasteiger partial charge in [0.25, 0.3) is 11.8 Å². The average Bonchev–Trinajstić information content (AvgIpc) is 2.77. The molecule has 0 saturated heterocycles. The van der Waals surface area contributed by atoms with E-state index < -0.39 is 23.8 Å². The number of fused-ring (bicyclic) bond motifs is 1. The first-order valence-corrected chi connectivity index (χ1v) is 7.86. The molecule has 124 valence electrons. The molecule has 0 aromatic heterocycles. The normalized spacial score (nSPS) is 15.3. The van der Waals surface area contributed by atoms with Crippen LogP contribution in [0.15, 0.2) is 24.3 Å². The third-order valence-corrected chi connectivity index (χ3v) is 4.02. The summed E-state index contributed by atoms with van der Waals surface area (Å²) in [4.78, 5) is 44.2. The molecule has 1 unspecified atom stereocenters. The summed E-state index contributed by atoms with van der Waals surface area (Å²) in [6.45, 7) is 9.08. The molecule has 2 amide bonds. The molecule has 1 aromatic rings. The van der Waals surface area contributed by atoms with Crippen molar-refractivity contribution in [1.29, 1.82) is 0 Å². The molecular weight excluding hydrogens is 296 g/mol. The second-order valence-electron chi connectivity index (χ2n) is 5.77. The zero-order valence-electron chi connectivity index (χ0n) is 13.9. The molecule has 6 heteroatoms. The summed E-state index contributed by atoms with van der Waals surface area (Å²) in [5, 5.41) is 0.575. The molecule has 1 aliphatic rings. The van der Waals surface area contributed by atoms with Gasteiger partial charge in [-0.15, -0.1) is 0 Å². The Labute approximate surface area is 136 Å². The third-order valence-electron chi connectivity index (χ3n) is 4.02. The Morgan fingerprint density at radius 1 is 1.09 bits per heavy atom. The zero-order valence-corrected chi connectivity index (χ0v) is 13.9. The van der Waals surface area contributed by atoms with Crippen molar-refractivity contribution in [2.45, 2.75) is 33.7 Å². The Morgan fingerprint density at radius 3 is 1.96 bits per heavy atom. The van der Waals surface area contributed by atoms with E-state index in [-0.39, 0.29) is 17.0 Å². The predicted octanol–water partition coefficient (Wildman–Crippen LogP) is 2.11. The highest BCUT2D eigenvalue weighted by Crippen LogP contribution is 2.24. The number of rotatable bonds is 6. The molecule has 0 fully saturated rings. The summed E-state index contributed by atoms with van der Waals surface area (Å²) in [5.74, 6) is -1.78. The number of hydrogen-bond acceptors (Lipinski definition) is 5. The van der Waals surface area contributed by atoms with Crippen molar-refractivity contribution in [3.05, 3.63) is 35.4 Å². The van der Waals surface area contributed by atoms with Crippen LogP contribution in [-0.2, 0) is 9.63 Å². The van der Waals surface area contributed by atoms with Gasteiger partial charge in [-0.25, -0.2) is 4.79 Å². The van der Waals surface area contributed by atoms with Gasteiger partial charge < -0.3 is 4.84 Å². The van der Waals surface area contributed by atoms with Gasteiger partial charge in [0.2, 0.25) is 0 Å². The number of imide groups is 1. The molecule has 1 aromatic carbocycles. The number of hydrogen-bond donors (Lipinski definition) is 0. The van der Waals surface area contributed by atoms with Gasteiger partial charge in [0.05, 0.1) is 11.1 Å². The van der Waals surface area contributed by atoms with Crippen LogP contribution in [0.4, 0.5) is 0 Å². The number of carbonyl (C=O) groups excluding carboxylic acids is 3. The van der Waals surface area contributed by atoms with E-state index >= 15 is 0 Å². The Morgan fingerprint density at radius 2 is 1.57 bits per heavy atom. The summed E-state index contributed by atoms with van der Waals surface area (Å²) in [7, 11) is 0. The fourth-order valence-electron chi connectivity index (χ4n) is 2.85. The van der Waals surface area contributed by atoms with Gasteiger partial charge in [0, 0.05) is 0 Å². The minimum Gasteiger partial charge on any atom is -0.328 e. The van der Waals surface area contributed by atoms with Gasteiger partial charge in [0.15, 0.2) is 0 Å². The first-order valence-electron chi connectivity index (χ1n) is 7.86. The Kier molecular flexibility index (Phi) is 5.15. The van der Waals surface area contributed by atoms with Crippen LogP contribution >= 0.6 is 0 Å². The lowest BCUT2D eigenvalue weighted by atomic mass is 10.0. The van der Waals surface area contributed by atoms with Crippen molar-refractivity contribution < 1.29 is 19.2 Å². The zero-order chi connectivity index (χ0) is 17.1. The molecule has 0 spiro atoms. The summed E-state index contributed by atoms with van der Waals surface area (Å²) in [6.07, 6.45) is 0. The fourth-order valence-corrected chi connectivity index (χ4v) is 2.85. The van der Waals surface area contributed by atoms with Gasteiger partial charge in [-0.1, -0.05) is 44.9 Å². The Bertz CT molecular complexity index is 588. The highest BCUT2D eigenvalue weighted by Gasteiger charge is 2.40. The van der Waals surface area contributed by atoms with Crippen LogP contribution in [0.1, 0.15) is 48.4 Å². The molecule has 0 saturated carbocycles. The number of nitrogens with zero attached hydrogens (tertiary/aromatic N) is 2. The smallest absolute Gasteiger partial charge is 0.328 e. The number of benzene rings is 1. The molecule has 0 aliphatic carbocycles. The quantitative estimate of drug-likeness (QED) is 0.752. The van der Waals surface area contributed by atoms with Crippen LogP contribution in [0.2, 0.25) is 0 Å². The van der Waals surface area contributed by atoms with E-state index in [1.54, 1.807) is 24.3 Å². The van der Waals surface area contributed by atoms with Crippen molar-refractivity contribution >= 4 is 17.8 Å². The van der Waals surface area contributed by atoms with Crippen LogP contribution in [0.25, 0.3) is 0 Å². The number of carbonyl (C=O) groups is 3. The molecule has 23 heavy (non-hydrogen) atoms. The van der Waals surface area contributed by atoms with Crippen LogP contribution in [-0.4, -0.2) is 46.9 Å². The maximum atomic E-state index is 12.5. The van der Waals surface area contributed by atoms with E-state index in [1.165, 1.54) is 0 Å². The summed E-state index contributed by atoms with van der Waals surface area (Å²) in [5.41, 5.74) is 0.517. The van der Waals surface area contributed by atoms with Gasteiger partial charge in [-0.05, 0) is 31.1 Å². The molecule has 2 rings (SSSR count). The van der Waals surface area contributed by atoms with Gasteiger partial charge >= 0.3 is 5.97 Å². The minimum atomic E-state index is -0.596. The van der Waals surface area contributed by atoms with Gasteiger partial charge in [-0.3, -0.25) is 14.5 Å². The molecule has 1 aliphatic heterocycles. The van der Waals surface area contributed by atoms with Crippen molar-refractivity contribution in [1.82, 2.24) is 9.96 Å². The maximum absolute atomic E-state index is 12.5. The second-order valence-corrected chi connectivity index (χ2v) is 5.77. The second kappa shape index (κ2) is 6.91. The molecular formula is C17H22N2O4. The molecule has 0 bridgehead atoms. The monoisotopic (exact) mass is 318 g/mol. The van der Waals surface area contributed by atoms with Crippen molar-refractivity contribution in [2.24, 2.45) is 5.92 Å². The lowest BCUT2D eigenvalue weighted by molar-refractivity contribution is -0.176. The minimum absolute atomic E-state index is 0.00224.